The molecule has 9 heteroatoms. The summed E-state index contributed by atoms with van der Waals surface area (Å²) in [4.78, 5) is 36.2. The van der Waals surface area contributed by atoms with Gasteiger partial charge in [0.1, 0.15) is 6.04 Å². The Kier molecular flexibility index (Phi) is 10.7. The fraction of sp³-hybridized carbons (Fsp3) is 0.550. The summed E-state index contributed by atoms with van der Waals surface area (Å²) in [5.41, 5.74) is 6.67. The van der Waals surface area contributed by atoms with Crippen molar-refractivity contribution in [2.75, 3.05) is 26.0 Å². The average Bonchev–Trinajstić information content (AvgIpc) is 2.66. The molecule has 0 spiro atoms. The van der Waals surface area contributed by atoms with Crippen molar-refractivity contribution in [2.45, 2.75) is 45.4 Å². The first-order valence-electron chi connectivity index (χ1n) is 9.68. The molecule has 0 saturated heterocycles. The Bertz CT molecular complexity index is 663. The Morgan fingerprint density at radius 3 is 2.28 bits per heavy atom. The molecule has 4 amide bonds. The van der Waals surface area contributed by atoms with E-state index in [0.717, 1.165) is 5.56 Å². The number of primary amides is 1. The summed E-state index contributed by atoms with van der Waals surface area (Å²) in [6.07, 6.45) is 0.841. The molecule has 0 fully saturated rings. The monoisotopic (exact) mass is 407 g/mol. The van der Waals surface area contributed by atoms with Crippen LogP contribution in [0.4, 0.5) is 10.5 Å². The van der Waals surface area contributed by atoms with Crippen LogP contribution in [0.3, 0.4) is 0 Å². The first kappa shape index (κ1) is 24.4. The van der Waals surface area contributed by atoms with Crippen LogP contribution in [0.1, 0.15) is 32.3 Å². The number of hydrogen-bond donors (Lipinski definition) is 5. The third-order valence-corrected chi connectivity index (χ3v) is 4.39. The lowest BCUT2D eigenvalue weighted by Crippen LogP contribution is -2.52. The third kappa shape index (κ3) is 8.93. The van der Waals surface area contributed by atoms with E-state index in [9.17, 15) is 14.4 Å². The molecular formula is C20H33N5O4. The van der Waals surface area contributed by atoms with E-state index in [1.807, 2.05) is 26.0 Å². The largest absolute Gasteiger partial charge is 0.380 e. The molecule has 1 rings (SSSR count). The van der Waals surface area contributed by atoms with E-state index >= 15 is 0 Å². The van der Waals surface area contributed by atoms with Crippen LogP contribution in [0.5, 0.6) is 0 Å². The number of amides is 4. The van der Waals surface area contributed by atoms with Gasteiger partial charge in [0.2, 0.25) is 11.8 Å². The summed E-state index contributed by atoms with van der Waals surface area (Å²) >= 11 is 0. The average molecular weight is 408 g/mol. The summed E-state index contributed by atoms with van der Waals surface area (Å²) in [5.74, 6) is -0.509. The molecule has 9 nitrogen and oxygen atoms in total. The number of methoxy groups -OCH3 is 1. The molecule has 0 unspecified atom stereocenters. The number of hydrogen-bond acceptors (Lipinski definition) is 5. The molecule has 0 aromatic heterocycles. The van der Waals surface area contributed by atoms with Crippen LogP contribution in [0, 0.1) is 5.92 Å². The number of likely N-dealkylation sites (N-methyl/N-ethyl adjacent to an activating group) is 1. The second kappa shape index (κ2) is 12.7. The van der Waals surface area contributed by atoms with Gasteiger partial charge in [-0.25, -0.2) is 4.79 Å². The maximum atomic E-state index is 12.8. The second-order valence-electron chi connectivity index (χ2n) is 7.12. The van der Waals surface area contributed by atoms with Crippen LogP contribution >= 0.6 is 0 Å². The smallest absolute Gasteiger partial charge is 0.312 e. The van der Waals surface area contributed by atoms with Crippen molar-refractivity contribution in [2.24, 2.45) is 11.7 Å². The minimum Gasteiger partial charge on any atom is -0.380 e. The normalized spacial score (nSPS) is 12.9. The SMILES string of the molecule is CN[C@H](C(=O)N[C@@H](CCCNC(N)=O)C(=O)Nc1ccc(COC)cc1)C(C)C. The van der Waals surface area contributed by atoms with Gasteiger partial charge in [0.05, 0.1) is 12.6 Å². The number of rotatable bonds is 12. The number of nitrogens with two attached hydrogens (primary N) is 1. The summed E-state index contributed by atoms with van der Waals surface area (Å²) in [6, 6.07) is 5.50. The van der Waals surface area contributed by atoms with Crippen LogP contribution in [0.2, 0.25) is 0 Å². The lowest BCUT2D eigenvalue weighted by Gasteiger charge is -2.24. The van der Waals surface area contributed by atoms with E-state index < -0.39 is 18.1 Å². The van der Waals surface area contributed by atoms with Gasteiger partial charge >= 0.3 is 6.03 Å². The topological polar surface area (TPSA) is 135 Å². The number of carbonyl (C=O) groups excluding carboxylic acids is 3. The molecule has 0 heterocycles. The highest BCUT2D eigenvalue weighted by molar-refractivity contribution is 5.97. The zero-order chi connectivity index (χ0) is 21.8. The number of benzene rings is 1. The summed E-state index contributed by atoms with van der Waals surface area (Å²) in [7, 11) is 3.32. The molecule has 1 aromatic carbocycles. The number of anilines is 1. The minimum atomic E-state index is -0.745. The van der Waals surface area contributed by atoms with Crippen molar-refractivity contribution in [3.05, 3.63) is 29.8 Å². The van der Waals surface area contributed by atoms with Gasteiger partial charge in [0, 0.05) is 19.3 Å². The van der Waals surface area contributed by atoms with Crippen LogP contribution in [0.25, 0.3) is 0 Å². The Balaban J connectivity index is 2.80. The molecule has 0 aliphatic heterocycles. The van der Waals surface area contributed by atoms with Crippen LogP contribution in [0.15, 0.2) is 24.3 Å². The van der Waals surface area contributed by atoms with Crippen molar-refractivity contribution in [3.63, 3.8) is 0 Å². The first-order chi connectivity index (χ1) is 13.8. The van der Waals surface area contributed by atoms with E-state index in [2.05, 4.69) is 21.3 Å². The van der Waals surface area contributed by atoms with Crippen molar-refractivity contribution in [3.8, 4) is 0 Å². The van der Waals surface area contributed by atoms with E-state index in [0.29, 0.717) is 31.7 Å². The van der Waals surface area contributed by atoms with Crippen LogP contribution in [-0.4, -0.2) is 50.6 Å². The lowest BCUT2D eigenvalue weighted by molar-refractivity contribution is -0.128. The van der Waals surface area contributed by atoms with Crippen molar-refractivity contribution >= 4 is 23.5 Å². The molecule has 0 aliphatic carbocycles. The molecule has 0 aliphatic rings. The minimum absolute atomic E-state index is 0.0635. The van der Waals surface area contributed by atoms with E-state index in [1.54, 1.807) is 26.3 Å². The highest BCUT2D eigenvalue weighted by Crippen LogP contribution is 2.12. The molecule has 0 bridgehead atoms. The highest BCUT2D eigenvalue weighted by Gasteiger charge is 2.26. The Hall–Kier alpha value is -2.65. The molecule has 0 radical (unpaired) electrons. The van der Waals surface area contributed by atoms with Gasteiger partial charge in [-0.15, -0.1) is 0 Å². The van der Waals surface area contributed by atoms with Crippen molar-refractivity contribution < 1.29 is 19.1 Å². The molecule has 1 aromatic rings. The Morgan fingerprint density at radius 1 is 1.10 bits per heavy atom. The van der Waals surface area contributed by atoms with E-state index in [1.165, 1.54) is 0 Å². The number of ether oxygens (including phenoxy) is 1. The lowest BCUT2D eigenvalue weighted by atomic mass is 10.0. The quantitative estimate of drug-likeness (QED) is 0.329. The van der Waals surface area contributed by atoms with Gasteiger partial charge in [-0.05, 0) is 43.5 Å². The van der Waals surface area contributed by atoms with Crippen LogP contribution < -0.4 is 27.0 Å². The summed E-state index contributed by atoms with van der Waals surface area (Å²) < 4.78 is 5.08. The van der Waals surface area contributed by atoms with Crippen molar-refractivity contribution in [1.82, 2.24) is 16.0 Å². The highest BCUT2D eigenvalue weighted by atomic mass is 16.5. The first-order valence-corrected chi connectivity index (χ1v) is 9.68. The maximum Gasteiger partial charge on any atom is 0.312 e. The van der Waals surface area contributed by atoms with Crippen molar-refractivity contribution in [1.29, 1.82) is 0 Å². The zero-order valence-electron chi connectivity index (χ0n) is 17.6. The Labute approximate surface area is 172 Å². The fourth-order valence-corrected chi connectivity index (χ4v) is 2.90. The molecule has 162 valence electrons. The third-order valence-electron chi connectivity index (χ3n) is 4.39. The molecule has 0 saturated carbocycles. The van der Waals surface area contributed by atoms with Gasteiger partial charge in [-0.3, -0.25) is 9.59 Å². The van der Waals surface area contributed by atoms with Gasteiger partial charge in [0.25, 0.3) is 0 Å². The molecule has 29 heavy (non-hydrogen) atoms. The molecular weight excluding hydrogens is 374 g/mol. The standard InChI is InChI=1S/C20H33N5O4/c1-13(2)17(22-3)19(27)25-16(6-5-11-23-20(21)28)18(26)24-15-9-7-14(8-10-15)12-29-4/h7-10,13,16-17,22H,5-6,11-12H2,1-4H3,(H,24,26)(H,25,27)(H3,21,23,28)/t16-,17-/m0/s1. The van der Waals surface area contributed by atoms with Gasteiger partial charge in [0.15, 0.2) is 0 Å². The van der Waals surface area contributed by atoms with Gasteiger partial charge < -0.3 is 31.7 Å². The summed E-state index contributed by atoms with van der Waals surface area (Å²) in [6.45, 7) is 4.66. The van der Waals surface area contributed by atoms with Gasteiger partial charge in [-0.1, -0.05) is 26.0 Å². The number of nitrogens with one attached hydrogen (secondary N) is 4. The maximum absolute atomic E-state index is 12.8. The van der Waals surface area contributed by atoms with E-state index in [4.69, 9.17) is 10.5 Å². The zero-order valence-corrected chi connectivity index (χ0v) is 17.6. The van der Waals surface area contributed by atoms with E-state index in [-0.39, 0.29) is 17.7 Å². The summed E-state index contributed by atoms with van der Waals surface area (Å²) in [5, 5.41) is 11.1. The number of urea groups is 1. The Morgan fingerprint density at radius 2 is 1.76 bits per heavy atom. The predicted octanol–water partition coefficient (Wildman–Crippen LogP) is 0.949. The second-order valence-corrected chi connectivity index (χ2v) is 7.12. The fourth-order valence-electron chi connectivity index (χ4n) is 2.90. The molecule has 6 N–H and O–H groups in total. The molecule has 2 atom stereocenters. The number of carbonyl (C=O) groups is 3. The van der Waals surface area contributed by atoms with Crippen LogP contribution in [-0.2, 0) is 20.9 Å². The predicted molar refractivity (Wildman–Crippen MR) is 112 cm³/mol. The van der Waals surface area contributed by atoms with Gasteiger partial charge in [-0.2, -0.15) is 0 Å².